The molecule has 280 valence electrons. The summed E-state index contributed by atoms with van der Waals surface area (Å²) in [5.41, 5.74) is 9.74. The van der Waals surface area contributed by atoms with Gasteiger partial charge in [0.15, 0.2) is 11.2 Å². The molecule has 0 saturated heterocycles. The maximum atomic E-state index is 6.74. The van der Waals surface area contributed by atoms with E-state index in [1.54, 1.807) is 0 Å². The molecule has 0 aliphatic rings. The summed E-state index contributed by atoms with van der Waals surface area (Å²) in [7, 11) is 0. The number of rotatable bonds is 6. The number of benzene rings is 11. The summed E-state index contributed by atoms with van der Waals surface area (Å²) in [5, 5.41) is 14.1. The molecule has 13 rings (SSSR count). The maximum absolute atomic E-state index is 6.74. The van der Waals surface area contributed by atoms with Crippen LogP contribution in [0.15, 0.2) is 215 Å². The topological polar surface area (TPSA) is 32.8 Å². The molecule has 2 aromatic heterocycles. The third kappa shape index (κ3) is 4.67. The second-order valence-corrected chi connectivity index (χ2v) is 15.6. The fraction of sp³-hybridized carbons (Fsp3) is 0. The third-order valence-corrected chi connectivity index (χ3v) is 12.4. The fourth-order valence-electron chi connectivity index (χ4n) is 9.84. The summed E-state index contributed by atoms with van der Waals surface area (Å²) >= 11 is 0. The van der Waals surface area contributed by atoms with Gasteiger partial charge < -0.3 is 18.6 Å². The first-order valence-electron chi connectivity index (χ1n) is 20.4. The lowest BCUT2D eigenvalue weighted by Crippen LogP contribution is -2.12. The maximum Gasteiger partial charge on any atom is 0.159 e. The van der Waals surface area contributed by atoms with Crippen molar-refractivity contribution in [2.24, 2.45) is 0 Å². The van der Waals surface area contributed by atoms with Gasteiger partial charge in [0.1, 0.15) is 11.2 Å². The first kappa shape index (κ1) is 32.9. The van der Waals surface area contributed by atoms with Crippen LogP contribution in [0, 0.1) is 0 Å². The molecule has 0 aliphatic heterocycles. The van der Waals surface area contributed by atoms with Crippen molar-refractivity contribution in [3.8, 4) is 0 Å². The summed E-state index contributed by atoms with van der Waals surface area (Å²) in [4.78, 5) is 4.76. The van der Waals surface area contributed by atoms with E-state index in [9.17, 15) is 0 Å². The summed E-state index contributed by atoms with van der Waals surface area (Å²) in [6.45, 7) is 0. The molecule has 0 N–H and O–H groups in total. The summed E-state index contributed by atoms with van der Waals surface area (Å²) in [6.07, 6.45) is 0. The molecule has 0 amide bonds. The van der Waals surface area contributed by atoms with Crippen LogP contribution in [0.2, 0.25) is 0 Å². The Morgan fingerprint density at radius 1 is 0.250 bits per heavy atom. The van der Waals surface area contributed by atoms with Crippen LogP contribution in [0.4, 0.5) is 34.1 Å². The number of hydrogen-bond donors (Lipinski definition) is 0. The Morgan fingerprint density at radius 2 is 0.700 bits per heavy atom. The molecule has 0 aliphatic carbocycles. The molecule has 0 unspecified atom stereocenters. The fourth-order valence-corrected chi connectivity index (χ4v) is 9.84. The lowest BCUT2D eigenvalue weighted by molar-refractivity contribution is 0.669. The molecule has 13 aromatic rings. The largest absolute Gasteiger partial charge is 0.454 e. The van der Waals surface area contributed by atoms with Crippen molar-refractivity contribution in [1.82, 2.24) is 0 Å². The van der Waals surface area contributed by atoms with E-state index < -0.39 is 0 Å². The van der Waals surface area contributed by atoms with E-state index in [1.165, 1.54) is 37.7 Å². The number of anilines is 6. The van der Waals surface area contributed by atoms with Crippen LogP contribution in [0.5, 0.6) is 0 Å². The monoisotopic (exact) mass is 766 g/mol. The molecule has 4 heteroatoms. The van der Waals surface area contributed by atoms with Crippen molar-refractivity contribution in [2.75, 3.05) is 9.80 Å². The van der Waals surface area contributed by atoms with Crippen LogP contribution < -0.4 is 9.80 Å². The zero-order valence-corrected chi connectivity index (χ0v) is 32.3. The Hall–Kier alpha value is -8.08. The van der Waals surface area contributed by atoms with E-state index in [4.69, 9.17) is 8.83 Å². The van der Waals surface area contributed by atoms with E-state index in [-0.39, 0.29) is 0 Å². The van der Waals surface area contributed by atoms with Gasteiger partial charge >= 0.3 is 0 Å². The van der Waals surface area contributed by atoms with Crippen molar-refractivity contribution in [3.63, 3.8) is 0 Å². The number of hydrogen-bond acceptors (Lipinski definition) is 4. The van der Waals surface area contributed by atoms with Gasteiger partial charge in [0.25, 0.3) is 0 Å². The number of para-hydroxylation sites is 6. The van der Waals surface area contributed by atoms with Gasteiger partial charge in [-0.15, -0.1) is 0 Å². The van der Waals surface area contributed by atoms with Gasteiger partial charge in [-0.2, -0.15) is 0 Å². The first-order chi connectivity index (χ1) is 29.8. The van der Waals surface area contributed by atoms with Crippen LogP contribution in [0.3, 0.4) is 0 Å². The first-order valence-corrected chi connectivity index (χ1v) is 20.4. The molecular weight excluding hydrogens is 733 g/mol. The average molecular weight is 767 g/mol. The minimum atomic E-state index is 0.859. The van der Waals surface area contributed by atoms with Gasteiger partial charge in [-0.1, -0.05) is 146 Å². The Balaban J connectivity index is 1.15. The van der Waals surface area contributed by atoms with Crippen molar-refractivity contribution in [3.05, 3.63) is 206 Å². The normalized spacial score (nSPS) is 12.0. The smallest absolute Gasteiger partial charge is 0.159 e. The zero-order valence-electron chi connectivity index (χ0n) is 32.3. The van der Waals surface area contributed by atoms with Crippen molar-refractivity contribution in [1.29, 1.82) is 0 Å². The highest BCUT2D eigenvalue weighted by Crippen LogP contribution is 2.52. The molecule has 0 radical (unpaired) electrons. The standard InChI is InChI=1S/C56H34N2O2/c1-3-15-36(16-4-1)57(48-25-13-23-43-39-20-9-11-27-50(39)59-55(43)48)46-34-32-42-38-19-7-8-22-41(38)54-47(33-30-35-29-31-45(46)53(42)52(35)54)58(37-17-5-2-6-18-37)49-26-14-24-44-40-21-10-12-28-51(40)60-56(44)49/h1-34H. The lowest BCUT2D eigenvalue weighted by Gasteiger charge is -2.30. The molecule has 0 saturated carbocycles. The zero-order chi connectivity index (χ0) is 39.3. The molecule has 0 atom stereocenters. The molecule has 0 fully saturated rings. The van der Waals surface area contributed by atoms with Gasteiger partial charge in [-0.3, -0.25) is 0 Å². The summed E-state index contributed by atoms with van der Waals surface area (Å²) in [6, 6.07) is 73.7. The highest BCUT2D eigenvalue weighted by atomic mass is 16.3. The number of furan rings is 2. The van der Waals surface area contributed by atoms with Crippen LogP contribution >= 0.6 is 0 Å². The second-order valence-electron chi connectivity index (χ2n) is 15.6. The molecule has 0 spiro atoms. The van der Waals surface area contributed by atoms with Gasteiger partial charge in [-0.05, 0) is 82.2 Å². The van der Waals surface area contributed by atoms with E-state index in [1.807, 2.05) is 12.1 Å². The van der Waals surface area contributed by atoms with Crippen molar-refractivity contribution in [2.45, 2.75) is 0 Å². The Bertz CT molecular complexity index is 3790. The minimum absolute atomic E-state index is 0.859. The van der Waals surface area contributed by atoms with E-state index in [2.05, 4.69) is 204 Å². The summed E-state index contributed by atoms with van der Waals surface area (Å²) < 4.78 is 13.5. The van der Waals surface area contributed by atoms with Gasteiger partial charge in [0.2, 0.25) is 0 Å². The average Bonchev–Trinajstić information content (AvgIpc) is 3.90. The third-order valence-electron chi connectivity index (χ3n) is 12.4. The van der Waals surface area contributed by atoms with E-state index >= 15 is 0 Å². The Labute approximate surface area is 344 Å². The van der Waals surface area contributed by atoms with Crippen LogP contribution in [0.1, 0.15) is 0 Å². The lowest BCUT2D eigenvalue weighted by atomic mass is 9.87. The van der Waals surface area contributed by atoms with Gasteiger partial charge in [-0.25, -0.2) is 0 Å². The Kier molecular flexibility index (Phi) is 6.98. The van der Waals surface area contributed by atoms with Crippen LogP contribution in [0.25, 0.3) is 87.0 Å². The molecule has 11 aromatic carbocycles. The number of fused-ring (bicyclic) bond motifs is 9. The number of nitrogens with zero attached hydrogens (tertiary/aromatic N) is 2. The van der Waals surface area contributed by atoms with Gasteiger partial charge in [0, 0.05) is 54.5 Å². The van der Waals surface area contributed by atoms with E-state index in [0.29, 0.717) is 0 Å². The molecule has 2 heterocycles. The quantitative estimate of drug-likeness (QED) is 0.125. The predicted octanol–water partition coefficient (Wildman–Crippen LogP) is 16.5. The van der Waals surface area contributed by atoms with Crippen LogP contribution in [-0.2, 0) is 0 Å². The minimum Gasteiger partial charge on any atom is -0.454 e. The highest BCUT2D eigenvalue weighted by molar-refractivity contribution is 6.38. The van der Waals surface area contributed by atoms with Gasteiger partial charge in [0.05, 0.1) is 22.7 Å². The van der Waals surface area contributed by atoms with Crippen molar-refractivity contribution >= 4 is 121 Å². The second kappa shape index (κ2) is 12.7. The predicted molar refractivity (Wildman–Crippen MR) is 252 cm³/mol. The molecular formula is C56H34N2O2. The SMILES string of the molecule is c1ccc(N(c2ccc3c4ccccc4c4c(N(c5ccccc5)c5cccc6c5oc5ccccc56)ccc5ccc2c3c54)c2cccc3c2oc2ccccc23)cc1. The highest BCUT2D eigenvalue weighted by Gasteiger charge is 2.27. The van der Waals surface area contributed by atoms with Crippen LogP contribution in [-0.4, -0.2) is 0 Å². The van der Waals surface area contributed by atoms with Crippen molar-refractivity contribution < 1.29 is 8.83 Å². The molecule has 60 heavy (non-hydrogen) atoms. The molecule has 4 nitrogen and oxygen atoms in total. The van der Waals surface area contributed by atoms with E-state index in [0.717, 1.165) is 83.4 Å². The molecule has 0 bridgehead atoms. The Morgan fingerprint density at radius 3 is 1.32 bits per heavy atom. The summed E-state index contributed by atoms with van der Waals surface area (Å²) in [5.74, 6) is 0.